The minimum absolute atomic E-state index is 0.00202. The van der Waals surface area contributed by atoms with Crippen LogP contribution in [0.5, 0.6) is 0 Å². The van der Waals surface area contributed by atoms with E-state index in [2.05, 4.69) is 19.2 Å². The van der Waals surface area contributed by atoms with Crippen molar-refractivity contribution in [1.29, 1.82) is 0 Å². The fourth-order valence-corrected chi connectivity index (χ4v) is 13.3. The third-order valence-corrected chi connectivity index (χ3v) is 20.8. The maximum Gasteiger partial charge on any atom is 0.333 e. The molecular weight excluding hydrogens is 1440 g/mol. The minimum atomic E-state index is -1.93. The lowest BCUT2D eigenvalue weighted by Crippen LogP contribution is -2.65. The standard InChI is InChI=1S/C76H124O33/c1-13-75(11,108-73-62(93)57(88)53(84)47(33-78)102-73)28-18-26-39(5)22-16-24-40(6)30-45(80)31-42(8)68(96)105-65-50(81)43(9)100-70(63(65)94)98-36-49-55(86)58(89)61(92)72(104-49)106-66-51(82)44(10)99-69(64(66)95)97-35-41(7)25-17-23-37(3)20-15-21-38(4)27-19-29-76(12,14-2)109-74-67(59(90)54(85)48(34-79)103-74)107-71-60(91)56(87)52(83)46(32-77)101-71/h13-14,20,24-27,31,43-67,69-74,77-95H,1-2,15-19,21-23,28-30,32-36H2,3-12H3/b37-20+,38-27+,39-26+,40-24+,41-25-,42-31+. The van der Waals surface area contributed by atoms with Gasteiger partial charge in [-0.25, -0.2) is 4.79 Å². The van der Waals surface area contributed by atoms with Crippen molar-refractivity contribution in [2.75, 3.05) is 33.0 Å². The van der Waals surface area contributed by atoms with E-state index < -0.39 is 234 Å². The second-order valence-corrected chi connectivity index (χ2v) is 30.0. The molecule has 626 valence electrons. The average molecular weight is 1570 g/mol. The van der Waals surface area contributed by atoms with Gasteiger partial charge in [-0.3, -0.25) is 0 Å². The van der Waals surface area contributed by atoms with Crippen LogP contribution in [0.2, 0.25) is 0 Å². The van der Waals surface area contributed by atoms with Crippen LogP contribution in [0.25, 0.3) is 0 Å². The van der Waals surface area contributed by atoms with E-state index >= 15 is 0 Å². The molecule has 0 aromatic heterocycles. The summed E-state index contributed by atoms with van der Waals surface area (Å²) < 4.78 is 75.6. The molecule has 6 aliphatic rings. The molecule has 33 nitrogen and oxygen atoms in total. The van der Waals surface area contributed by atoms with Gasteiger partial charge in [-0.1, -0.05) is 70.4 Å². The third-order valence-electron chi connectivity index (χ3n) is 20.8. The summed E-state index contributed by atoms with van der Waals surface area (Å²) in [6.45, 7) is 22.5. The molecule has 33 heteroatoms. The monoisotopic (exact) mass is 1560 g/mol. The Morgan fingerprint density at radius 1 is 0.413 bits per heavy atom. The quantitative estimate of drug-likeness (QED) is 0.0194. The molecule has 19 N–H and O–H groups in total. The van der Waals surface area contributed by atoms with Gasteiger partial charge in [0.2, 0.25) is 0 Å². The summed E-state index contributed by atoms with van der Waals surface area (Å²) in [4.78, 5) is 13.4. The van der Waals surface area contributed by atoms with Gasteiger partial charge in [0, 0.05) is 5.57 Å². The molecule has 0 amide bonds. The number of carbonyl (C=O) groups is 1. The lowest BCUT2D eigenvalue weighted by molar-refractivity contribution is -0.375. The van der Waals surface area contributed by atoms with Gasteiger partial charge in [-0.2, -0.15) is 0 Å². The van der Waals surface area contributed by atoms with Gasteiger partial charge in [-0.15, -0.1) is 13.2 Å². The molecular formula is C76H124O33. The van der Waals surface area contributed by atoms with Gasteiger partial charge in [-0.05, 0) is 146 Å². The highest BCUT2D eigenvalue weighted by Gasteiger charge is 2.55. The Morgan fingerprint density at radius 3 is 1.28 bits per heavy atom. The maximum atomic E-state index is 13.4. The number of hydrogen-bond donors (Lipinski definition) is 19. The first-order chi connectivity index (χ1) is 51.3. The number of aliphatic hydroxyl groups is 19. The predicted molar refractivity (Wildman–Crippen MR) is 385 cm³/mol. The molecule has 0 aromatic rings. The number of ether oxygens (including phenoxy) is 13. The highest BCUT2D eigenvalue weighted by molar-refractivity contribution is 5.88. The van der Waals surface area contributed by atoms with E-state index in [4.69, 9.17) is 61.6 Å². The highest BCUT2D eigenvalue weighted by Crippen LogP contribution is 2.37. The van der Waals surface area contributed by atoms with E-state index in [9.17, 15) is 102 Å². The lowest BCUT2D eigenvalue weighted by Gasteiger charge is -2.47. The smallest absolute Gasteiger partial charge is 0.333 e. The molecule has 0 radical (unpaired) electrons. The van der Waals surface area contributed by atoms with Crippen molar-refractivity contribution in [3.05, 3.63) is 95.2 Å². The zero-order chi connectivity index (χ0) is 81.1. The van der Waals surface area contributed by atoms with Gasteiger partial charge in [0.1, 0.15) is 128 Å². The summed E-state index contributed by atoms with van der Waals surface area (Å²) in [5, 5.41) is 202. The molecule has 6 saturated heterocycles. The number of rotatable bonds is 39. The van der Waals surface area contributed by atoms with Crippen LogP contribution in [-0.2, 0) is 66.4 Å². The normalized spacial score (nSPS) is 39.8. The highest BCUT2D eigenvalue weighted by atomic mass is 16.8. The molecule has 0 spiro atoms. The van der Waals surface area contributed by atoms with Crippen molar-refractivity contribution < 1.29 is 163 Å². The lowest BCUT2D eigenvalue weighted by atomic mass is 9.95. The van der Waals surface area contributed by atoms with Gasteiger partial charge in [0.15, 0.2) is 43.8 Å². The number of allylic oxidation sites excluding steroid dienone is 8. The van der Waals surface area contributed by atoms with Crippen LogP contribution in [0.1, 0.15) is 140 Å². The van der Waals surface area contributed by atoms with Gasteiger partial charge < -0.3 is 159 Å². The molecule has 109 heavy (non-hydrogen) atoms. The first-order valence-electron chi connectivity index (χ1n) is 37.3. The number of aliphatic hydroxyl groups excluding tert-OH is 19. The van der Waals surface area contributed by atoms with Crippen LogP contribution >= 0.6 is 0 Å². The first kappa shape index (κ1) is 94.0. The fraction of sp³-hybridized carbons (Fsp3) is 0.776. The summed E-state index contributed by atoms with van der Waals surface area (Å²) >= 11 is 0. The topological polar surface area (TPSA) is 521 Å². The molecule has 0 bridgehead atoms. The second-order valence-electron chi connectivity index (χ2n) is 30.0. The van der Waals surface area contributed by atoms with Gasteiger partial charge in [0.05, 0.1) is 62.5 Å². The summed E-state index contributed by atoms with van der Waals surface area (Å²) in [5.41, 5.74) is 2.72. The average Bonchev–Trinajstić information content (AvgIpc) is 0.794. The molecule has 6 aliphatic heterocycles. The van der Waals surface area contributed by atoms with Crippen molar-refractivity contribution in [2.24, 2.45) is 0 Å². The predicted octanol–water partition coefficient (Wildman–Crippen LogP) is -1.27. The number of carbonyl (C=O) groups excluding carboxylic acids is 1. The summed E-state index contributed by atoms with van der Waals surface area (Å²) in [5.74, 6) is -0.979. The molecule has 0 saturated carbocycles. The van der Waals surface area contributed by atoms with Gasteiger partial charge in [0.25, 0.3) is 0 Å². The molecule has 33 atom stereocenters. The molecule has 0 aromatic carbocycles. The Hall–Kier alpha value is -3.85. The molecule has 33 unspecified atom stereocenters. The van der Waals surface area contributed by atoms with E-state index in [0.717, 1.165) is 40.7 Å². The molecule has 6 heterocycles. The van der Waals surface area contributed by atoms with Crippen molar-refractivity contribution in [3.8, 4) is 0 Å². The summed E-state index contributed by atoms with van der Waals surface area (Å²) in [7, 11) is 0. The number of esters is 1. The molecule has 6 fully saturated rings. The van der Waals surface area contributed by atoms with Gasteiger partial charge >= 0.3 is 5.97 Å². The largest absolute Gasteiger partial charge is 0.453 e. The van der Waals surface area contributed by atoms with Crippen molar-refractivity contribution >= 4 is 5.97 Å². The molecule has 6 rings (SSSR count). The Morgan fingerprint density at radius 2 is 0.789 bits per heavy atom. The fourth-order valence-electron chi connectivity index (χ4n) is 13.3. The van der Waals surface area contributed by atoms with Crippen LogP contribution in [0.4, 0.5) is 0 Å². The second kappa shape index (κ2) is 43.8. The maximum absolute atomic E-state index is 13.4. The minimum Gasteiger partial charge on any atom is -0.453 e. The van der Waals surface area contributed by atoms with E-state index in [-0.39, 0.29) is 18.6 Å². The van der Waals surface area contributed by atoms with Crippen LogP contribution in [0.15, 0.2) is 95.2 Å². The Balaban J connectivity index is 0.924. The molecule has 0 aliphatic carbocycles. The van der Waals surface area contributed by atoms with Crippen molar-refractivity contribution in [1.82, 2.24) is 0 Å². The summed E-state index contributed by atoms with van der Waals surface area (Å²) in [6.07, 6.45) is -27.5. The third kappa shape index (κ3) is 26.1. The summed E-state index contributed by atoms with van der Waals surface area (Å²) in [6, 6.07) is 0. The first-order valence-corrected chi connectivity index (χ1v) is 37.3. The van der Waals surface area contributed by atoms with Crippen LogP contribution in [-0.4, -0.2) is 338 Å². The Kier molecular flexibility index (Phi) is 37.7. The van der Waals surface area contributed by atoms with Crippen LogP contribution in [0, 0.1) is 0 Å². The zero-order valence-corrected chi connectivity index (χ0v) is 64.0. The Bertz CT molecular complexity index is 3000. The van der Waals surface area contributed by atoms with Crippen molar-refractivity contribution in [2.45, 2.75) is 341 Å². The van der Waals surface area contributed by atoms with E-state index in [0.29, 0.717) is 51.4 Å². The van der Waals surface area contributed by atoms with E-state index in [1.165, 1.54) is 32.9 Å². The van der Waals surface area contributed by atoms with Crippen molar-refractivity contribution in [3.63, 3.8) is 0 Å². The van der Waals surface area contributed by atoms with Crippen LogP contribution in [0.3, 0.4) is 0 Å². The Labute approximate surface area is 636 Å². The van der Waals surface area contributed by atoms with Crippen LogP contribution < -0.4 is 0 Å². The SMILES string of the molecule is C=CC(C)(CC/C=C(\C)CC/C=C(\C)CC(O)/C=C(\C)C(=O)OC1C(O)C(C)OC(OCC2OC(OC3C(O)C(C)OC(OC/C(C)=C\CC/C(C)=C/CC/C(C)=C/CCC(C)(C=C)OC4OC(CO)C(O)C(O)C4OC4OC(CO)C(O)C(O)C4O)C3O)C(O)C(O)C2O)C1O)OC1OC(CO)C(O)C(O)C1O. The number of hydrogen-bond acceptors (Lipinski definition) is 33. The van der Waals surface area contributed by atoms with E-state index in [1.807, 2.05) is 58.9 Å². The van der Waals surface area contributed by atoms with E-state index in [1.54, 1.807) is 19.9 Å². The zero-order valence-electron chi connectivity index (χ0n) is 64.0.